The van der Waals surface area contributed by atoms with Gasteiger partial charge in [-0.2, -0.15) is 26.3 Å². The predicted octanol–water partition coefficient (Wildman–Crippen LogP) is 3.03. The highest BCUT2D eigenvalue weighted by Gasteiger charge is 2.09. The number of hydrogen-bond donors (Lipinski definition) is 2. The van der Waals surface area contributed by atoms with Crippen LogP contribution in [0, 0.1) is 5.82 Å². The summed E-state index contributed by atoms with van der Waals surface area (Å²) in [7, 11) is 1.99. The number of nitrogens with one attached hydrogen (secondary N) is 1. The van der Waals surface area contributed by atoms with E-state index >= 15 is 0 Å². The number of benzene rings is 1. The third-order valence-electron chi connectivity index (χ3n) is 3.24. The minimum atomic E-state index is -0.300. The van der Waals surface area contributed by atoms with Crippen molar-refractivity contribution in [3.63, 3.8) is 0 Å². The molecule has 0 bridgehead atoms. The molecule has 0 radical (unpaired) electrons. The van der Waals surface area contributed by atoms with Crippen LogP contribution in [0.25, 0.3) is 0 Å². The molecule has 6 nitrogen and oxygen atoms in total. The Kier molecular flexibility index (Phi) is 4.97. The fourth-order valence-electron chi connectivity index (χ4n) is 2.22. The van der Waals surface area contributed by atoms with E-state index in [0.717, 1.165) is 6.54 Å². The average molecular weight is 344 g/mol. The molecule has 3 rings (SSSR count). The van der Waals surface area contributed by atoms with E-state index in [1.54, 1.807) is 23.5 Å². The predicted molar refractivity (Wildman–Crippen MR) is 93.4 cm³/mol. The van der Waals surface area contributed by atoms with Gasteiger partial charge in [0, 0.05) is 12.2 Å². The van der Waals surface area contributed by atoms with Crippen molar-refractivity contribution in [2.24, 2.45) is 0 Å². The lowest BCUT2D eigenvalue weighted by Crippen LogP contribution is -2.19. The molecule has 0 amide bonds. The Hall–Kier alpha value is -2.58. The summed E-state index contributed by atoms with van der Waals surface area (Å²) in [5.41, 5.74) is 7.69. The summed E-state index contributed by atoms with van der Waals surface area (Å²) in [6, 6.07) is 8.03. The largest absolute Gasteiger partial charge is 0.368 e. The second-order valence-corrected chi connectivity index (χ2v) is 6.15. The number of nitrogen functional groups attached to an aromatic ring is 1. The standard InChI is InChI=1S/C16H17FN6S/c1-23(8-11-6-7-24-10-11)9-14-20-15(18)22-16(21-14)19-13-4-2-12(17)3-5-13/h2-7,10H,8-9H2,1H3,(H3,18,19,20,21,22). The molecule has 0 spiro atoms. The number of thiophene rings is 1. The molecule has 8 heteroatoms. The summed E-state index contributed by atoms with van der Waals surface area (Å²) < 4.78 is 13.0. The Morgan fingerprint density at radius 2 is 1.92 bits per heavy atom. The van der Waals surface area contributed by atoms with Gasteiger partial charge in [-0.3, -0.25) is 4.90 Å². The molecule has 124 valence electrons. The molecular formula is C16H17FN6S. The van der Waals surface area contributed by atoms with E-state index < -0.39 is 0 Å². The SMILES string of the molecule is CN(Cc1ccsc1)Cc1nc(N)nc(Nc2ccc(F)cc2)n1. The van der Waals surface area contributed by atoms with Gasteiger partial charge in [-0.1, -0.05) is 0 Å². The highest BCUT2D eigenvalue weighted by molar-refractivity contribution is 7.07. The van der Waals surface area contributed by atoms with Crippen molar-refractivity contribution in [1.29, 1.82) is 0 Å². The molecule has 0 unspecified atom stereocenters. The molecule has 2 aromatic heterocycles. The van der Waals surface area contributed by atoms with Gasteiger partial charge in [-0.15, -0.1) is 0 Å². The summed E-state index contributed by atoms with van der Waals surface area (Å²) in [4.78, 5) is 14.7. The van der Waals surface area contributed by atoms with E-state index in [4.69, 9.17) is 5.73 Å². The van der Waals surface area contributed by atoms with Crippen LogP contribution in [-0.2, 0) is 13.1 Å². The van der Waals surface area contributed by atoms with Gasteiger partial charge < -0.3 is 11.1 Å². The minimum Gasteiger partial charge on any atom is -0.368 e. The molecule has 24 heavy (non-hydrogen) atoms. The summed E-state index contributed by atoms with van der Waals surface area (Å²) in [6.07, 6.45) is 0. The number of aromatic nitrogens is 3. The van der Waals surface area contributed by atoms with Gasteiger partial charge >= 0.3 is 0 Å². The second-order valence-electron chi connectivity index (χ2n) is 5.37. The van der Waals surface area contributed by atoms with E-state index in [9.17, 15) is 4.39 Å². The molecule has 0 saturated heterocycles. The number of nitrogens with zero attached hydrogens (tertiary/aromatic N) is 4. The quantitative estimate of drug-likeness (QED) is 0.715. The van der Waals surface area contributed by atoms with Crippen LogP contribution in [0.15, 0.2) is 41.1 Å². The lowest BCUT2D eigenvalue weighted by Gasteiger charge is -2.15. The van der Waals surface area contributed by atoms with Crippen molar-refractivity contribution in [1.82, 2.24) is 19.9 Å². The van der Waals surface area contributed by atoms with Crippen LogP contribution in [0.2, 0.25) is 0 Å². The van der Waals surface area contributed by atoms with Crippen molar-refractivity contribution in [2.75, 3.05) is 18.1 Å². The summed E-state index contributed by atoms with van der Waals surface area (Å²) in [5.74, 6) is 0.762. The molecular weight excluding hydrogens is 327 g/mol. The van der Waals surface area contributed by atoms with Gasteiger partial charge in [-0.25, -0.2) is 4.39 Å². The van der Waals surface area contributed by atoms with E-state index in [2.05, 4.69) is 42.0 Å². The van der Waals surface area contributed by atoms with Crippen molar-refractivity contribution in [2.45, 2.75) is 13.1 Å². The van der Waals surface area contributed by atoms with Crippen LogP contribution >= 0.6 is 11.3 Å². The van der Waals surface area contributed by atoms with Gasteiger partial charge in [0.05, 0.1) is 6.54 Å². The maximum atomic E-state index is 13.0. The molecule has 1 aromatic carbocycles. The lowest BCUT2D eigenvalue weighted by atomic mass is 10.3. The van der Waals surface area contributed by atoms with E-state index in [0.29, 0.717) is 24.0 Å². The van der Waals surface area contributed by atoms with Gasteiger partial charge in [0.15, 0.2) is 0 Å². The number of nitrogens with two attached hydrogens (primary N) is 1. The zero-order valence-electron chi connectivity index (χ0n) is 13.1. The third kappa shape index (κ3) is 4.46. The summed E-state index contributed by atoms with van der Waals surface area (Å²) in [6.45, 7) is 1.34. The Bertz CT molecular complexity index is 791. The molecule has 0 atom stereocenters. The van der Waals surface area contributed by atoms with Crippen LogP contribution in [0.5, 0.6) is 0 Å². The normalized spacial score (nSPS) is 11.0. The first-order valence-corrected chi connectivity index (χ1v) is 8.25. The Morgan fingerprint density at radius 1 is 1.12 bits per heavy atom. The Labute approximate surface area is 143 Å². The van der Waals surface area contributed by atoms with Gasteiger partial charge in [0.2, 0.25) is 11.9 Å². The average Bonchev–Trinajstić information content (AvgIpc) is 3.01. The molecule has 3 aromatic rings. The monoisotopic (exact) mass is 344 g/mol. The smallest absolute Gasteiger partial charge is 0.232 e. The van der Waals surface area contributed by atoms with Crippen LogP contribution in [-0.4, -0.2) is 26.9 Å². The van der Waals surface area contributed by atoms with Gasteiger partial charge in [0.25, 0.3) is 0 Å². The highest BCUT2D eigenvalue weighted by Crippen LogP contribution is 2.15. The number of hydrogen-bond acceptors (Lipinski definition) is 7. The van der Waals surface area contributed by atoms with Crippen molar-refractivity contribution in [3.05, 3.63) is 58.3 Å². The van der Waals surface area contributed by atoms with Crippen molar-refractivity contribution in [3.8, 4) is 0 Å². The second kappa shape index (κ2) is 7.33. The molecule has 0 saturated carbocycles. The van der Waals surface area contributed by atoms with Crippen LogP contribution in [0.3, 0.4) is 0 Å². The van der Waals surface area contributed by atoms with Gasteiger partial charge in [-0.05, 0) is 53.7 Å². The Morgan fingerprint density at radius 3 is 2.62 bits per heavy atom. The van der Waals surface area contributed by atoms with Gasteiger partial charge in [0.1, 0.15) is 11.6 Å². The fraction of sp³-hybridized carbons (Fsp3) is 0.188. The summed E-state index contributed by atoms with van der Waals surface area (Å²) >= 11 is 1.67. The Balaban J connectivity index is 1.70. The molecule has 0 aliphatic heterocycles. The maximum Gasteiger partial charge on any atom is 0.232 e. The van der Waals surface area contributed by atoms with Crippen molar-refractivity contribution < 1.29 is 4.39 Å². The van der Waals surface area contributed by atoms with E-state index in [1.807, 2.05) is 7.05 Å². The van der Waals surface area contributed by atoms with Crippen LogP contribution in [0.4, 0.5) is 22.0 Å². The fourth-order valence-corrected chi connectivity index (χ4v) is 2.88. The van der Waals surface area contributed by atoms with Crippen LogP contribution in [0.1, 0.15) is 11.4 Å². The van der Waals surface area contributed by atoms with E-state index in [-0.39, 0.29) is 11.8 Å². The molecule has 2 heterocycles. The number of anilines is 3. The van der Waals surface area contributed by atoms with E-state index in [1.165, 1.54) is 17.7 Å². The third-order valence-corrected chi connectivity index (χ3v) is 3.98. The zero-order valence-corrected chi connectivity index (χ0v) is 13.9. The number of rotatable bonds is 6. The molecule has 0 fully saturated rings. The summed E-state index contributed by atoms with van der Waals surface area (Å²) in [5, 5.41) is 7.17. The first-order valence-electron chi connectivity index (χ1n) is 7.31. The topological polar surface area (TPSA) is 80.0 Å². The minimum absolute atomic E-state index is 0.147. The lowest BCUT2D eigenvalue weighted by molar-refractivity contribution is 0.311. The number of halogens is 1. The van der Waals surface area contributed by atoms with Crippen LogP contribution < -0.4 is 11.1 Å². The maximum absolute atomic E-state index is 13.0. The highest BCUT2D eigenvalue weighted by atomic mass is 32.1. The first-order chi connectivity index (χ1) is 11.6. The van der Waals surface area contributed by atoms with Crippen molar-refractivity contribution >= 4 is 28.9 Å². The molecule has 3 N–H and O–H groups in total. The molecule has 0 aliphatic rings. The molecule has 0 aliphatic carbocycles. The first kappa shape index (κ1) is 16.3. The zero-order chi connectivity index (χ0) is 16.9.